The highest BCUT2D eigenvalue weighted by atomic mass is 19.1. The van der Waals surface area contributed by atoms with Gasteiger partial charge in [0, 0.05) is 19.3 Å². The van der Waals surface area contributed by atoms with Gasteiger partial charge >= 0.3 is 5.97 Å². The van der Waals surface area contributed by atoms with Gasteiger partial charge < -0.3 is 10.0 Å². The largest absolute Gasteiger partial charge is 0.480 e. The molecule has 0 fully saturated rings. The molecule has 4 heteroatoms. The van der Waals surface area contributed by atoms with E-state index in [0.717, 1.165) is 5.69 Å². The summed E-state index contributed by atoms with van der Waals surface area (Å²) in [6.07, 6.45) is 0.351. The predicted octanol–water partition coefficient (Wildman–Crippen LogP) is 4.72. The van der Waals surface area contributed by atoms with E-state index >= 15 is 0 Å². The van der Waals surface area contributed by atoms with Crippen LogP contribution in [0.2, 0.25) is 0 Å². The summed E-state index contributed by atoms with van der Waals surface area (Å²) in [6.45, 7) is 0.530. The number of halogens is 1. The van der Waals surface area contributed by atoms with Gasteiger partial charge in [0.1, 0.15) is 11.2 Å². The quantitative estimate of drug-likeness (QED) is 0.660. The number of carboxylic acid groups (broad SMARTS) is 1. The Hall–Kier alpha value is -3.14. The maximum absolute atomic E-state index is 13.5. The molecule has 3 aromatic carbocycles. The van der Waals surface area contributed by atoms with E-state index in [4.69, 9.17) is 0 Å². The van der Waals surface area contributed by atoms with Gasteiger partial charge in [-0.15, -0.1) is 0 Å². The molecule has 3 aromatic rings. The van der Waals surface area contributed by atoms with Crippen LogP contribution in [0.25, 0.3) is 0 Å². The van der Waals surface area contributed by atoms with Crippen LogP contribution in [-0.4, -0.2) is 24.7 Å². The van der Waals surface area contributed by atoms with Crippen LogP contribution < -0.4 is 4.90 Å². The molecule has 0 aliphatic carbocycles. The van der Waals surface area contributed by atoms with Crippen molar-refractivity contribution in [3.05, 3.63) is 102 Å². The van der Waals surface area contributed by atoms with Crippen molar-refractivity contribution in [1.29, 1.82) is 0 Å². The molecule has 0 saturated carbocycles. The number of anilines is 1. The lowest BCUT2D eigenvalue weighted by Gasteiger charge is -2.33. The maximum Gasteiger partial charge on any atom is 0.318 e. The summed E-state index contributed by atoms with van der Waals surface area (Å²) in [7, 11) is 1.94. The van der Waals surface area contributed by atoms with Crippen molar-refractivity contribution >= 4 is 11.7 Å². The number of rotatable bonds is 7. The SMILES string of the molecule is CN(CCC(C(=O)O)(c1ccccc1)c1ccc(F)cc1)c1ccccc1. The lowest BCUT2D eigenvalue weighted by atomic mass is 9.72. The van der Waals surface area contributed by atoms with Gasteiger partial charge in [0.05, 0.1) is 0 Å². The summed E-state index contributed by atoms with van der Waals surface area (Å²) >= 11 is 0. The van der Waals surface area contributed by atoms with Crippen LogP contribution in [0.15, 0.2) is 84.9 Å². The summed E-state index contributed by atoms with van der Waals surface area (Å²) in [5, 5.41) is 10.3. The maximum atomic E-state index is 13.5. The number of hydrogen-bond acceptors (Lipinski definition) is 2. The molecule has 1 unspecified atom stereocenters. The average molecular weight is 363 g/mol. The number of benzene rings is 3. The molecule has 0 heterocycles. The Morgan fingerprint density at radius 3 is 1.96 bits per heavy atom. The number of carbonyl (C=O) groups is 1. The second-order valence-electron chi connectivity index (χ2n) is 6.59. The molecule has 0 aliphatic heterocycles. The first-order valence-electron chi connectivity index (χ1n) is 8.85. The standard InChI is InChI=1S/C23H22FNO2/c1-25(21-10-6-3-7-11-21)17-16-23(22(26)27,18-8-4-2-5-9-18)19-12-14-20(24)15-13-19/h2-15H,16-17H2,1H3,(H,26,27). The second-order valence-corrected chi connectivity index (χ2v) is 6.59. The summed E-state index contributed by atoms with van der Waals surface area (Å²) in [4.78, 5) is 14.6. The van der Waals surface area contributed by atoms with E-state index in [1.54, 1.807) is 12.1 Å². The summed E-state index contributed by atoms with van der Waals surface area (Å²) < 4.78 is 13.5. The van der Waals surface area contributed by atoms with Crippen LogP contribution in [0, 0.1) is 5.82 Å². The molecule has 0 saturated heterocycles. The van der Waals surface area contributed by atoms with Gasteiger partial charge in [-0.1, -0.05) is 60.7 Å². The van der Waals surface area contributed by atoms with E-state index in [-0.39, 0.29) is 5.82 Å². The van der Waals surface area contributed by atoms with Crippen LogP contribution in [0.3, 0.4) is 0 Å². The smallest absolute Gasteiger partial charge is 0.318 e. The van der Waals surface area contributed by atoms with Gasteiger partial charge in [0.15, 0.2) is 0 Å². The molecule has 0 aromatic heterocycles. The zero-order valence-electron chi connectivity index (χ0n) is 15.2. The summed E-state index contributed by atoms with van der Waals surface area (Å²) in [5.74, 6) is -1.32. The second kappa shape index (κ2) is 8.04. The minimum absolute atomic E-state index is 0.351. The molecule has 3 nitrogen and oxygen atoms in total. The predicted molar refractivity (Wildman–Crippen MR) is 106 cm³/mol. The number of carboxylic acids is 1. The Kier molecular flexibility index (Phi) is 5.55. The Morgan fingerprint density at radius 2 is 1.41 bits per heavy atom. The van der Waals surface area contributed by atoms with Crippen molar-refractivity contribution < 1.29 is 14.3 Å². The Bertz CT molecular complexity index is 881. The molecule has 0 amide bonds. The van der Waals surface area contributed by atoms with E-state index in [1.165, 1.54) is 12.1 Å². The first kappa shape index (κ1) is 18.6. The Balaban J connectivity index is 2.01. The topological polar surface area (TPSA) is 40.5 Å². The highest BCUT2D eigenvalue weighted by Gasteiger charge is 2.42. The van der Waals surface area contributed by atoms with Gasteiger partial charge in [-0.2, -0.15) is 0 Å². The molecule has 138 valence electrons. The van der Waals surface area contributed by atoms with Gasteiger partial charge in [-0.3, -0.25) is 4.79 Å². The van der Waals surface area contributed by atoms with E-state index in [0.29, 0.717) is 24.1 Å². The molecule has 0 radical (unpaired) electrons. The average Bonchev–Trinajstić information content (AvgIpc) is 2.70. The number of aliphatic carboxylic acids is 1. The zero-order valence-corrected chi connectivity index (χ0v) is 15.2. The fourth-order valence-corrected chi connectivity index (χ4v) is 3.41. The molecule has 3 rings (SSSR count). The van der Waals surface area contributed by atoms with E-state index < -0.39 is 11.4 Å². The van der Waals surface area contributed by atoms with Crippen molar-refractivity contribution in [2.75, 3.05) is 18.5 Å². The number of nitrogens with zero attached hydrogens (tertiary/aromatic N) is 1. The van der Waals surface area contributed by atoms with Crippen molar-refractivity contribution in [1.82, 2.24) is 0 Å². The van der Waals surface area contributed by atoms with E-state index in [1.807, 2.05) is 72.6 Å². The molecule has 1 N–H and O–H groups in total. The molecule has 0 spiro atoms. The first-order chi connectivity index (χ1) is 13.0. The van der Waals surface area contributed by atoms with Crippen LogP contribution >= 0.6 is 0 Å². The molecular formula is C23H22FNO2. The van der Waals surface area contributed by atoms with Gasteiger partial charge in [-0.25, -0.2) is 4.39 Å². The Labute approximate surface area is 158 Å². The van der Waals surface area contributed by atoms with Crippen molar-refractivity contribution in [2.45, 2.75) is 11.8 Å². The number of para-hydroxylation sites is 1. The van der Waals surface area contributed by atoms with E-state index in [9.17, 15) is 14.3 Å². The van der Waals surface area contributed by atoms with Gasteiger partial charge in [0.25, 0.3) is 0 Å². The normalized spacial score (nSPS) is 13.0. The summed E-state index contributed by atoms with van der Waals surface area (Å²) in [5.41, 5.74) is 1.02. The Morgan fingerprint density at radius 1 is 0.889 bits per heavy atom. The van der Waals surface area contributed by atoms with Crippen LogP contribution in [-0.2, 0) is 10.2 Å². The van der Waals surface area contributed by atoms with Gasteiger partial charge in [-0.05, 0) is 41.8 Å². The minimum atomic E-state index is -1.25. The number of hydrogen-bond donors (Lipinski definition) is 1. The van der Waals surface area contributed by atoms with Crippen molar-refractivity contribution in [3.63, 3.8) is 0 Å². The van der Waals surface area contributed by atoms with Crippen LogP contribution in [0.4, 0.5) is 10.1 Å². The van der Waals surface area contributed by atoms with Crippen molar-refractivity contribution in [2.24, 2.45) is 0 Å². The highest BCUT2D eigenvalue weighted by molar-refractivity contribution is 5.86. The van der Waals surface area contributed by atoms with Crippen molar-refractivity contribution in [3.8, 4) is 0 Å². The van der Waals surface area contributed by atoms with Crippen LogP contribution in [0.1, 0.15) is 17.5 Å². The first-order valence-corrected chi connectivity index (χ1v) is 8.85. The highest BCUT2D eigenvalue weighted by Crippen LogP contribution is 2.37. The third-order valence-electron chi connectivity index (χ3n) is 4.99. The third-order valence-corrected chi connectivity index (χ3v) is 4.99. The minimum Gasteiger partial charge on any atom is -0.480 e. The fourth-order valence-electron chi connectivity index (χ4n) is 3.41. The molecule has 0 aliphatic rings. The zero-order chi connectivity index (χ0) is 19.3. The third kappa shape index (κ3) is 3.85. The molecule has 1 atom stereocenters. The molecular weight excluding hydrogens is 341 g/mol. The van der Waals surface area contributed by atoms with Gasteiger partial charge in [0.2, 0.25) is 0 Å². The molecule has 27 heavy (non-hydrogen) atoms. The van der Waals surface area contributed by atoms with Crippen LogP contribution in [0.5, 0.6) is 0 Å². The lowest BCUT2D eigenvalue weighted by Crippen LogP contribution is -2.40. The fraction of sp³-hybridized carbons (Fsp3) is 0.174. The monoisotopic (exact) mass is 363 g/mol. The van der Waals surface area contributed by atoms with E-state index in [2.05, 4.69) is 0 Å². The lowest BCUT2D eigenvalue weighted by molar-refractivity contribution is -0.142. The molecule has 0 bridgehead atoms. The summed E-state index contributed by atoms with van der Waals surface area (Å²) in [6, 6.07) is 24.8.